The zero-order valence-electron chi connectivity index (χ0n) is 30.7. The number of hydrogen-bond acceptors (Lipinski definition) is 10. The summed E-state index contributed by atoms with van der Waals surface area (Å²) in [5.41, 5.74) is 0.251. The fourth-order valence-electron chi connectivity index (χ4n) is 6.76. The molecule has 1 N–H and O–H groups in total. The Morgan fingerprint density at radius 1 is 1.14 bits per heavy atom. The van der Waals surface area contributed by atoms with Gasteiger partial charge in [0.25, 0.3) is 5.91 Å². The molecule has 0 aliphatic carbocycles. The molecule has 0 bridgehead atoms. The van der Waals surface area contributed by atoms with Gasteiger partial charge < -0.3 is 29.2 Å². The number of cyclic esters (lactones) is 1. The van der Waals surface area contributed by atoms with E-state index in [0.717, 1.165) is 11.1 Å². The van der Waals surface area contributed by atoms with Crippen LogP contribution in [0.2, 0.25) is 18.1 Å². The number of aromatic nitrogens is 1. The highest BCUT2D eigenvalue weighted by Crippen LogP contribution is 2.57. The van der Waals surface area contributed by atoms with Crippen molar-refractivity contribution in [2.75, 3.05) is 6.54 Å². The highest BCUT2D eigenvalue weighted by molar-refractivity contribution is 6.81. The molecular formula is C37H47N3O9Si. The summed E-state index contributed by atoms with van der Waals surface area (Å²) in [6.45, 7) is 20.7. The molecule has 0 fully saturated rings. The van der Waals surface area contributed by atoms with E-state index in [0.29, 0.717) is 33.8 Å². The van der Waals surface area contributed by atoms with Crippen molar-refractivity contribution < 1.29 is 42.9 Å². The second-order valence-corrected chi connectivity index (χ2v) is 20.8. The topological polar surface area (TPSA) is 150 Å². The van der Waals surface area contributed by atoms with Crippen LogP contribution in [0.1, 0.15) is 113 Å². The fraction of sp³-hybridized carbons (Fsp3) is 0.514. The second kappa shape index (κ2) is 12.7. The summed E-state index contributed by atoms with van der Waals surface area (Å²) in [4.78, 5) is 72.5. The maximum atomic E-state index is 14.6. The first-order chi connectivity index (χ1) is 23.1. The molecule has 0 radical (unpaired) electrons. The maximum absolute atomic E-state index is 14.6. The van der Waals surface area contributed by atoms with Crippen molar-refractivity contribution in [1.82, 2.24) is 15.2 Å². The Kier molecular flexibility index (Phi) is 9.31. The van der Waals surface area contributed by atoms with Gasteiger partial charge in [0.1, 0.15) is 31.7 Å². The highest BCUT2D eigenvalue weighted by Gasteiger charge is 2.60. The first kappa shape index (κ1) is 36.7. The van der Waals surface area contributed by atoms with Gasteiger partial charge in [0.2, 0.25) is 5.60 Å². The molecule has 2 unspecified atom stereocenters. The van der Waals surface area contributed by atoms with Crippen molar-refractivity contribution in [3.8, 4) is 5.75 Å². The summed E-state index contributed by atoms with van der Waals surface area (Å²) in [6.07, 6.45) is 2.54. The van der Waals surface area contributed by atoms with Gasteiger partial charge in [-0.3, -0.25) is 19.4 Å². The van der Waals surface area contributed by atoms with Gasteiger partial charge in [0.15, 0.2) is 0 Å². The molecule has 0 saturated carbocycles. The number of benzene rings is 1. The van der Waals surface area contributed by atoms with Crippen molar-refractivity contribution in [1.29, 1.82) is 0 Å². The van der Waals surface area contributed by atoms with Crippen LogP contribution in [0.15, 0.2) is 24.4 Å². The molecule has 3 aliphatic rings. The van der Waals surface area contributed by atoms with Crippen LogP contribution < -0.4 is 10.1 Å². The number of pyridine rings is 1. The van der Waals surface area contributed by atoms with Crippen LogP contribution in [0, 0.1) is 5.92 Å². The van der Waals surface area contributed by atoms with Gasteiger partial charge in [-0.25, -0.2) is 9.59 Å². The monoisotopic (exact) mass is 705 g/mol. The van der Waals surface area contributed by atoms with E-state index in [4.69, 9.17) is 23.9 Å². The van der Waals surface area contributed by atoms with Crippen LogP contribution in [0.25, 0.3) is 11.8 Å². The van der Waals surface area contributed by atoms with E-state index in [1.165, 1.54) is 13.1 Å². The number of alkyl carbamates (subject to hydrolysis) is 1. The minimum Gasteiger partial charge on any atom is -0.458 e. The zero-order valence-corrected chi connectivity index (χ0v) is 31.7. The highest BCUT2D eigenvalue weighted by atomic mass is 28.3. The molecule has 2 atom stereocenters. The predicted molar refractivity (Wildman–Crippen MR) is 187 cm³/mol. The number of carbonyl (C=O) groups is 5. The number of carbonyl (C=O) groups excluding carboxylic acids is 5. The summed E-state index contributed by atoms with van der Waals surface area (Å²) in [6, 6.07) is 5.26. The number of ether oxygens (including phenoxy) is 4. The van der Waals surface area contributed by atoms with Crippen LogP contribution >= 0.6 is 0 Å². The van der Waals surface area contributed by atoms with Gasteiger partial charge >= 0.3 is 24.0 Å². The van der Waals surface area contributed by atoms with Crippen molar-refractivity contribution in [2.24, 2.45) is 5.92 Å². The SMILES string of the molecule is CCC1(OC(=O)CNC(=O)OC(C)(C)C)C(=O)OC([Si](C)(C)C(C)(C)C(C)C)c2c1cnc1c2C(=O)N2Cc3ccc(OC(C)=O)cc3C=C12. The Hall–Kier alpha value is -4.52. The van der Waals surface area contributed by atoms with E-state index in [2.05, 4.69) is 46.1 Å². The average Bonchev–Trinajstić information content (AvgIpc) is 3.29. The lowest BCUT2D eigenvalue weighted by molar-refractivity contribution is -0.190. The third-order valence-corrected chi connectivity index (χ3v) is 16.3. The van der Waals surface area contributed by atoms with Crippen LogP contribution in [0.5, 0.6) is 5.75 Å². The normalized spacial score (nSPS) is 19.8. The number of hydrogen-bond donors (Lipinski definition) is 1. The van der Waals surface area contributed by atoms with Crippen molar-refractivity contribution >= 4 is 49.8 Å². The summed E-state index contributed by atoms with van der Waals surface area (Å²) >= 11 is 0. The smallest absolute Gasteiger partial charge is 0.408 e. The molecule has 50 heavy (non-hydrogen) atoms. The van der Waals surface area contributed by atoms with E-state index in [1.54, 1.807) is 44.7 Å². The lowest BCUT2D eigenvalue weighted by atomic mass is 9.84. The molecule has 5 rings (SSSR count). The quantitative estimate of drug-likeness (QED) is 0.141. The summed E-state index contributed by atoms with van der Waals surface area (Å²) < 4.78 is 22.9. The van der Waals surface area contributed by atoms with Crippen LogP contribution in [0.4, 0.5) is 4.79 Å². The standard InChI is InChI=1S/C37H47N3O9Si/c1-12-37(48-27(42)18-39-34(45)49-35(5,6)7)25-17-38-30-26-16-23-15-24(46-21(4)41)14-13-22(23)19-40(26)31(43)29(30)28(25)32(47-33(37)44)50(10,11)36(8,9)20(2)3/h13-17,20,32H,12,18-19H2,1-11H3,(H,39,45). The predicted octanol–water partition coefficient (Wildman–Crippen LogP) is 6.43. The summed E-state index contributed by atoms with van der Waals surface area (Å²) in [7, 11) is -2.69. The van der Waals surface area contributed by atoms with Gasteiger partial charge in [0, 0.05) is 24.2 Å². The number of amides is 2. The fourth-order valence-corrected chi connectivity index (χ4v) is 10.3. The molecule has 1 aromatic carbocycles. The van der Waals surface area contributed by atoms with Crippen molar-refractivity contribution in [3.63, 3.8) is 0 Å². The molecule has 2 amide bonds. The molecule has 13 heteroatoms. The molecule has 4 heterocycles. The molecule has 0 saturated heterocycles. The average molecular weight is 706 g/mol. The lowest BCUT2D eigenvalue weighted by Gasteiger charge is -2.50. The number of rotatable bonds is 8. The van der Waals surface area contributed by atoms with Gasteiger partial charge in [-0.15, -0.1) is 0 Å². The van der Waals surface area contributed by atoms with E-state index in [1.807, 2.05) is 12.1 Å². The number of fused-ring (bicyclic) bond motifs is 6. The number of nitrogens with zero attached hydrogens (tertiary/aromatic N) is 2. The largest absolute Gasteiger partial charge is 0.458 e. The first-order valence-corrected chi connectivity index (χ1v) is 20.0. The van der Waals surface area contributed by atoms with Gasteiger partial charge in [-0.05, 0) is 67.5 Å². The third kappa shape index (κ3) is 6.20. The van der Waals surface area contributed by atoms with E-state index < -0.39 is 55.5 Å². The van der Waals surface area contributed by atoms with Crippen LogP contribution in [-0.4, -0.2) is 60.0 Å². The van der Waals surface area contributed by atoms with E-state index in [-0.39, 0.29) is 29.8 Å². The minimum atomic E-state index is -2.69. The van der Waals surface area contributed by atoms with Crippen molar-refractivity contribution in [2.45, 2.75) is 110 Å². The van der Waals surface area contributed by atoms with Crippen LogP contribution in [0.3, 0.4) is 0 Å². The van der Waals surface area contributed by atoms with Crippen LogP contribution in [-0.2, 0) is 40.7 Å². The molecule has 12 nitrogen and oxygen atoms in total. The van der Waals surface area contributed by atoms with Gasteiger partial charge in [-0.2, -0.15) is 0 Å². The lowest BCUT2D eigenvalue weighted by Crippen LogP contribution is -2.56. The van der Waals surface area contributed by atoms with Crippen molar-refractivity contribution in [3.05, 3.63) is 57.9 Å². The second-order valence-electron chi connectivity index (χ2n) is 15.6. The Morgan fingerprint density at radius 3 is 2.42 bits per heavy atom. The molecular weight excluding hydrogens is 659 g/mol. The Morgan fingerprint density at radius 2 is 1.82 bits per heavy atom. The maximum Gasteiger partial charge on any atom is 0.408 e. The Balaban J connectivity index is 1.66. The number of nitrogens with one attached hydrogen (secondary N) is 1. The molecule has 1 aromatic heterocycles. The minimum absolute atomic E-state index is 0.00920. The molecule has 0 spiro atoms. The van der Waals surface area contributed by atoms with Gasteiger partial charge in [0.05, 0.1) is 23.5 Å². The zero-order chi connectivity index (χ0) is 37.1. The molecule has 268 valence electrons. The summed E-state index contributed by atoms with van der Waals surface area (Å²) in [5, 5.41) is 2.11. The van der Waals surface area contributed by atoms with E-state index in [9.17, 15) is 24.0 Å². The Labute approximate surface area is 293 Å². The first-order valence-electron chi connectivity index (χ1n) is 16.9. The number of esters is 3. The van der Waals surface area contributed by atoms with Gasteiger partial charge in [-0.1, -0.05) is 53.8 Å². The molecule has 2 aromatic rings. The van der Waals surface area contributed by atoms with E-state index >= 15 is 0 Å². The summed E-state index contributed by atoms with van der Waals surface area (Å²) in [5.74, 6) is -1.79. The molecule has 3 aliphatic heterocycles. The third-order valence-electron chi connectivity index (χ3n) is 10.7. The Bertz CT molecular complexity index is 1820.